The lowest BCUT2D eigenvalue weighted by Gasteiger charge is -2.43. The lowest BCUT2D eigenvalue weighted by Crippen LogP contribution is -2.45. The van der Waals surface area contributed by atoms with E-state index in [0.29, 0.717) is 24.1 Å². The van der Waals surface area contributed by atoms with Crippen LogP contribution in [-0.4, -0.2) is 29.1 Å². The monoisotopic (exact) mass is 509 g/mol. The molecule has 2 N–H and O–H groups in total. The van der Waals surface area contributed by atoms with E-state index in [0.717, 1.165) is 15.5 Å². The molecular formula is C25H25BBrNO5. The van der Waals surface area contributed by atoms with Crippen LogP contribution in [0.5, 0.6) is 5.75 Å². The van der Waals surface area contributed by atoms with Gasteiger partial charge >= 0.3 is 7.12 Å². The summed E-state index contributed by atoms with van der Waals surface area (Å²) < 4.78 is 6.77. The Morgan fingerprint density at radius 3 is 2.52 bits per heavy atom. The highest BCUT2D eigenvalue weighted by Crippen LogP contribution is 2.53. The maximum absolute atomic E-state index is 13.7. The number of hydrogen-bond acceptors (Lipinski definition) is 5. The lowest BCUT2D eigenvalue weighted by molar-refractivity contribution is -0.123. The molecule has 2 fully saturated rings. The Labute approximate surface area is 201 Å². The molecule has 2 amide bonds. The van der Waals surface area contributed by atoms with E-state index in [1.165, 1.54) is 4.90 Å². The lowest BCUT2D eigenvalue weighted by atomic mass is 9.54. The third-order valence-electron chi connectivity index (χ3n) is 7.20. The van der Waals surface area contributed by atoms with Crippen molar-refractivity contribution < 1.29 is 24.4 Å². The SMILES string of the molecule is CC(C)C1=C2B(O)O[C@H](c3cc(Br)ccc3O)C[C@H]2[C@H]2C(=O)N(c3ccccc3)C(=O)[C@H]2C1. The molecule has 170 valence electrons. The summed E-state index contributed by atoms with van der Waals surface area (Å²) in [7, 11) is -1.20. The van der Waals surface area contributed by atoms with Crippen LogP contribution in [0.25, 0.3) is 0 Å². The maximum atomic E-state index is 13.7. The summed E-state index contributed by atoms with van der Waals surface area (Å²) in [6.07, 6.45) is 0.233. The van der Waals surface area contributed by atoms with Crippen molar-refractivity contribution in [2.24, 2.45) is 23.7 Å². The molecule has 2 aliphatic heterocycles. The van der Waals surface area contributed by atoms with E-state index in [9.17, 15) is 19.7 Å². The number of para-hydroxylation sites is 1. The van der Waals surface area contributed by atoms with E-state index >= 15 is 0 Å². The fourth-order valence-electron chi connectivity index (χ4n) is 5.72. The number of carbonyl (C=O) groups is 2. The number of carbonyl (C=O) groups excluding carboxylic acids is 2. The molecule has 5 rings (SSSR count). The summed E-state index contributed by atoms with van der Waals surface area (Å²) in [5.41, 5.74) is 2.84. The van der Waals surface area contributed by atoms with Gasteiger partial charge in [-0.05, 0) is 60.5 Å². The average molecular weight is 510 g/mol. The number of phenols is 1. The minimum atomic E-state index is -1.20. The molecule has 0 bridgehead atoms. The first-order valence-corrected chi connectivity index (χ1v) is 12.0. The smallest absolute Gasteiger partial charge is 0.487 e. The third-order valence-corrected chi connectivity index (χ3v) is 7.69. The summed E-state index contributed by atoms with van der Waals surface area (Å²) in [5.74, 6) is -1.62. The molecule has 0 unspecified atom stereocenters. The number of imide groups is 1. The highest BCUT2D eigenvalue weighted by atomic mass is 79.9. The number of amides is 2. The van der Waals surface area contributed by atoms with Gasteiger partial charge in [-0.3, -0.25) is 14.5 Å². The van der Waals surface area contributed by atoms with Gasteiger partial charge in [0.1, 0.15) is 5.75 Å². The second kappa shape index (κ2) is 8.42. The topological polar surface area (TPSA) is 87.1 Å². The predicted octanol–water partition coefficient (Wildman–Crippen LogP) is 4.41. The highest BCUT2D eigenvalue weighted by Gasteiger charge is 2.58. The fraction of sp³-hybridized carbons (Fsp3) is 0.360. The summed E-state index contributed by atoms with van der Waals surface area (Å²) in [6, 6.07) is 14.1. The Hall–Kier alpha value is -2.42. The zero-order chi connectivity index (χ0) is 23.4. The standard InChI is InChI=1S/C25H25BBrNO5/c1-13(2)16-11-19-22(25(31)28(24(19)30)15-6-4-3-5-7-15)18-12-21(33-26(32)23(16)18)17-10-14(27)8-9-20(17)29/h3-10,13,18-19,21-22,29,32H,11-12H2,1-2H3/t18-,19-,21-,22+/m0/s1. The molecule has 1 aliphatic carbocycles. The minimum absolute atomic E-state index is 0.0685. The van der Waals surface area contributed by atoms with Crippen molar-refractivity contribution in [3.63, 3.8) is 0 Å². The average Bonchev–Trinajstić information content (AvgIpc) is 3.05. The largest absolute Gasteiger partial charge is 0.508 e. The molecule has 0 spiro atoms. The molecule has 33 heavy (non-hydrogen) atoms. The number of nitrogens with zero attached hydrogens (tertiary/aromatic N) is 1. The molecule has 0 radical (unpaired) electrons. The zero-order valence-electron chi connectivity index (χ0n) is 18.4. The van der Waals surface area contributed by atoms with Gasteiger partial charge in [0.2, 0.25) is 11.8 Å². The number of aromatic hydroxyl groups is 1. The Balaban J connectivity index is 1.58. The van der Waals surface area contributed by atoms with Crippen molar-refractivity contribution in [2.75, 3.05) is 4.90 Å². The number of benzene rings is 2. The normalized spacial score (nSPS) is 27.3. The molecule has 6 nitrogen and oxygen atoms in total. The first-order valence-electron chi connectivity index (χ1n) is 11.3. The number of phenolic OH excluding ortho intramolecular Hbond substituents is 1. The van der Waals surface area contributed by atoms with Crippen molar-refractivity contribution in [1.29, 1.82) is 0 Å². The Kier molecular flexibility index (Phi) is 5.71. The number of hydrogen-bond donors (Lipinski definition) is 2. The second-order valence-electron chi connectivity index (χ2n) is 9.34. The molecule has 3 aliphatic rings. The van der Waals surface area contributed by atoms with Crippen LogP contribution in [0.3, 0.4) is 0 Å². The van der Waals surface area contributed by atoms with Crippen LogP contribution in [0.1, 0.15) is 38.4 Å². The van der Waals surface area contributed by atoms with Gasteiger partial charge in [0, 0.05) is 10.0 Å². The van der Waals surface area contributed by atoms with E-state index in [4.69, 9.17) is 4.65 Å². The van der Waals surface area contributed by atoms with Crippen molar-refractivity contribution in [3.8, 4) is 5.75 Å². The van der Waals surface area contributed by atoms with E-state index in [1.54, 1.807) is 30.3 Å². The molecular weight excluding hydrogens is 485 g/mol. The molecule has 8 heteroatoms. The number of halogens is 1. The van der Waals surface area contributed by atoms with Gasteiger partial charge in [-0.1, -0.05) is 53.5 Å². The Bertz CT molecular complexity index is 1150. The van der Waals surface area contributed by atoms with Gasteiger partial charge in [-0.2, -0.15) is 0 Å². The van der Waals surface area contributed by atoms with Crippen LogP contribution in [0.2, 0.25) is 0 Å². The summed E-state index contributed by atoms with van der Waals surface area (Å²) in [4.78, 5) is 28.4. The molecule has 4 atom stereocenters. The first kappa shape index (κ1) is 22.4. The number of anilines is 1. The third kappa shape index (κ3) is 3.65. The van der Waals surface area contributed by atoms with Crippen molar-refractivity contribution >= 4 is 40.6 Å². The Morgan fingerprint density at radius 2 is 1.82 bits per heavy atom. The van der Waals surface area contributed by atoms with Crippen molar-refractivity contribution in [1.82, 2.24) is 0 Å². The number of rotatable bonds is 3. The van der Waals surface area contributed by atoms with E-state index in [1.807, 2.05) is 32.0 Å². The van der Waals surface area contributed by atoms with Crippen molar-refractivity contribution in [2.45, 2.75) is 32.8 Å². The molecule has 0 aromatic heterocycles. The van der Waals surface area contributed by atoms with E-state index in [2.05, 4.69) is 15.9 Å². The molecule has 2 saturated heterocycles. The van der Waals surface area contributed by atoms with Gasteiger partial charge in [0.25, 0.3) is 0 Å². The van der Waals surface area contributed by atoms with Gasteiger partial charge in [-0.15, -0.1) is 0 Å². The fourth-order valence-corrected chi connectivity index (χ4v) is 6.10. The van der Waals surface area contributed by atoms with Crippen molar-refractivity contribution in [3.05, 3.63) is 69.6 Å². The van der Waals surface area contributed by atoms with E-state index in [-0.39, 0.29) is 29.4 Å². The quantitative estimate of drug-likeness (QED) is 0.472. The number of fused-ring (bicyclic) bond motifs is 3. The van der Waals surface area contributed by atoms with Gasteiger partial charge < -0.3 is 14.8 Å². The van der Waals surface area contributed by atoms with Gasteiger partial charge in [-0.25, -0.2) is 0 Å². The summed E-state index contributed by atoms with van der Waals surface area (Å²) >= 11 is 3.43. The summed E-state index contributed by atoms with van der Waals surface area (Å²) in [5, 5.41) is 21.5. The molecule has 0 saturated carbocycles. The molecule has 2 aromatic rings. The van der Waals surface area contributed by atoms with Crippen LogP contribution in [0.15, 0.2) is 64.0 Å². The van der Waals surface area contributed by atoms with Gasteiger partial charge in [0.15, 0.2) is 0 Å². The molecule has 2 aromatic carbocycles. The highest BCUT2D eigenvalue weighted by molar-refractivity contribution is 9.10. The van der Waals surface area contributed by atoms with Crippen LogP contribution in [0, 0.1) is 23.7 Å². The predicted molar refractivity (Wildman–Crippen MR) is 128 cm³/mol. The number of allylic oxidation sites excluding steroid dienone is 2. The maximum Gasteiger partial charge on any atom is 0.487 e. The second-order valence-corrected chi connectivity index (χ2v) is 10.3. The van der Waals surface area contributed by atoms with E-state index < -0.39 is 25.1 Å². The van der Waals surface area contributed by atoms with Crippen LogP contribution in [-0.2, 0) is 14.2 Å². The van der Waals surface area contributed by atoms with Crippen LogP contribution in [0.4, 0.5) is 5.69 Å². The first-order chi connectivity index (χ1) is 15.8. The summed E-state index contributed by atoms with van der Waals surface area (Å²) in [6.45, 7) is 4.07. The van der Waals surface area contributed by atoms with Crippen LogP contribution < -0.4 is 4.90 Å². The zero-order valence-corrected chi connectivity index (χ0v) is 20.0. The van der Waals surface area contributed by atoms with Crippen LogP contribution >= 0.6 is 15.9 Å². The molecule has 2 heterocycles. The van der Waals surface area contributed by atoms with Gasteiger partial charge in [0.05, 0.1) is 23.6 Å². The minimum Gasteiger partial charge on any atom is -0.508 e. The Morgan fingerprint density at radius 1 is 1.09 bits per heavy atom.